The average Bonchev–Trinajstić information content (AvgIpc) is 2.50. The molecule has 1 aromatic rings. The zero-order valence-electron chi connectivity index (χ0n) is 10.2. The third-order valence-corrected chi connectivity index (χ3v) is 2.90. The quantitative estimate of drug-likeness (QED) is 0.699. The van der Waals surface area contributed by atoms with E-state index in [0.29, 0.717) is 0 Å². The van der Waals surface area contributed by atoms with E-state index in [-0.39, 0.29) is 5.60 Å². The second-order valence-corrected chi connectivity index (χ2v) is 5.71. The zero-order chi connectivity index (χ0) is 11.9. The highest BCUT2D eigenvalue weighted by atomic mass is 35.5. The van der Waals surface area contributed by atoms with Crippen molar-refractivity contribution in [2.45, 2.75) is 39.7 Å². The van der Waals surface area contributed by atoms with E-state index < -0.39 is 0 Å². The van der Waals surface area contributed by atoms with Crippen LogP contribution in [0.15, 0.2) is 17.7 Å². The fourth-order valence-corrected chi connectivity index (χ4v) is 2.21. The smallest absolute Gasteiger partial charge is 0.139 e. The molecule has 0 unspecified atom stereocenters. The number of ether oxygens (including phenoxy) is 1. The minimum absolute atomic E-state index is 0.213. The number of hydrogen-bond donors (Lipinski definition) is 0. The molecule has 1 aliphatic rings. The maximum Gasteiger partial charge on any atom is 0.139 e. The fourth-order valence-electron chi connectivity index (χ4n) is 1.93. The molecule has 0 radical (unpaired) electrons. The lowest BCUT2D eigenvalue weighted by Crippen LogP contribution is -2.23. The van der Waals surface area contributed by atoms with Crippen molar-refractivity contribution in [3.8, 4) is 5.75 Å². The van der Waals surface area contributed by atoms with Crippen molar-refractivity contribution in [1.29, 1.82) is 0 Å². The minimum atomic E-state index is -0.213. The summed E-state index contributed by atoms with van der Waals surface area (Å²) in [5.41, 5.74) is 3.56. The third kappa shape index (κ3) is 2.25. The van der Waals surface area contributed by atoms with Crippen molar-refractivity contribution >= 4 is 17.7 Å². The molecule has 2 rings (SSSR count). The Labute approximate surface area is 102 Å². The Morgan fingerprint density at radius 3 is 2.56 bits per heavy atom. The van der Waals surface area contributed by atoms with Gasteiger partial charge in [0.15, 0.2) is 0 Å². The minimum Gasteiger partial charge on any atom is -0.487 e. The van der Waals surface area contributed by atoms with Crippen LogP contribution in [-0.2, 0) is 6.42 Å². The first-order valence-electron chi connectivity index (χ1n) is 5.54. The van der Waals surface area contributed by atoms with Gasteiger partial charge in [0.1, 0.15) is 11.4 Å². The van der Waals surface area contributed by atoms with Gasteiger partial charge in [-0.1, -0.05) is 29.3 Å². The average molecular weight is 237 g/mol. The molecule has 1 nitrogen and oxygen atoms in total. The second-order valence-electron chi connectivity index (χ2n) is 5.33. The molecule has 0 atom stereocenters. The Morgan fingerprint density at radius 1 is 1.25 bits per heavy atom. The van der Waals surface area contributed by atoms with Crippen LogP contribution in [0.1, 0.15) is 38.8 Å². The molecule has 0 saturated heterocycles. The monoisotopic (exact) mass is 236 g/mol. The van der Waals surface area contributed by atoms with Gasteiger partial charge < -0.3 is 4.74 Å². The lowest BCUT2D eigenvalue weighted by molar-refractivity contribution is 0.131. The van der Waals surface area contributed by atoms with E-state index in [1.54, 1.807) is 0 Å². The Morgan fingerprint density at radius 2 is 1.94 bits per heavy atom. The van der Waals surface area contributed by atoms with Crippen molar-refractivity contribution < 1.29 is 4.74 Å². The molecular formula is C14H17ClO. The molecule has 86 valence electrons. The number of rotatable bonds is 1. The second kappa shape index (κ2) is 3.81. The molecule has 0 aromatic heterocycles. The normalized spacial score (nSPS) is 14.7. The lowest BCUT2D eigenvalue weighted by atomic mass is 10.1. The predicted octanol–water partition coefficient (Wildman–Crippen LogP) is 4.48. The van der Waals surface area contributed by atoms with E-state index in [1.165, 1.54) is 11.1 Å². The lowest BCUT2D eigenvalue weighted by Gasteiger charge is -2.22. The molecule has 1 aliphatic carbocycles. The first-order valence-corrected chi connectivity index (χ1v) is 5.92. The summed E-state index contributed by atoms with van der Waals surface area (Å²) < 4.78 is 5.83. The summed E-state index contributed by atoms with van der Waals surface area (Å²) in [6.45, 7) is 8.20. The van der Waals surface area contributed by atoms with E-state index in [9.17, 15) is 0 Å². The Hall–Kier alpha value is -0.950. The van der Waals surface area contributed by atoms with Crippen LogP contribution < -0.4 is 4.74 Å². The van der Waals surface area contributed by atoms with Crippen LogP contribution in [0.4, 0.5) is 0 Å². The fraction of sp³-hybridized carbons (Fsp3) is 0.429. The summed E-state index contributed by atoms with van der Waals surface area (Å²) in [5, 5.41) is 0.740. The van der Waals surface area contributed by atoms with Crippen LogP contribution in [0.5, 0.6) is 5.75 Å². The van der Waals surface area contributed by atoms with Crippen LogP contribution in [0.2, 0.25) is 5.02 Å². The number of allylic oxidation sites excluding steroid dienone is 1. The summed E-state index contributed by atoms with van der Waals surface area (Å²) >= 11 is 6.36. The van der Waals surface area contributed by atoms with Gasteiger partial charge >= 0.3 is 0 Å². The SMILES string of the molecule is CC1=Cc2c(ccc(OC(C)(C)C)c2Cl)C1. The van der Waals surface area contributed by atoms with Gasteiger partial charge in [0, 0.05) is 5.56 Å². The van der Waals surface area contributed by atoms with Crippen LogP contribution >= 0.6 is 11.6 Å². The molecule has 0 saturated carbocycles. The summed E-state index contributed by atoms with van der Waals surface area (Å²) in [4.78, 5) is 0. The Kier molecular flexibility index (Phi) is 2.75. The number of hydrogen-bond acceptors (Lipinski definition) is 1. The number of halogens is 1. The summed E-state index contributed by atoms with van der Waals surface area (Å²) in [6, 6.07) is 4.08. The first-order chi connectivity index (χ1) is 7.37. The molecule has 0 fully saturated rings. The molecule has 2 heteroatoms. The zero-order valence-corrected chi connectivity index (χ0v) is 11.0. The highest BCUT2D eigenvalue weighted by Gasteiger charge is 2.19. The number of benzene rings is 1. The standard InChI is InChI=1S/C14H17ClO/c1-9-7-10-5-6-12(16-14(2,3)4)13(15)11(10)8-9/h5-6,8H,7H2,1-4H3. The molecule has 0 bridgehead atoms. The van der Waals surface area contributed by atoms with E-state index in [1.807, 2.05) is 26.8 Å². The Bertz CT molecular complexity index is 453. The van der Waals surface area contributed by atoms with E-state index in [0.717, 1.165) is 22.8 Å². The van der Waals surface area contributed by atoms with Gasteiger partial charge in [-0.2, -0.15) is 0 Å². The van der Waals surface area contributed by atoms with Crippen LogP contribution in [0, 0.1) is 0 Å². The maximum atomic E-state index is 6.36. The highest BCUT2D eigenvalue weighted by molar-refractivity contribution is 6.33. The topological polar surface area (TPSA) is 9.23 Å². The van der Waals surface area contributed by atoms with E-state index >= 15 is 0 Å². The van der Waals surface area contributed by atoms with Crippen LogP contribution in [0.3, 0.4) is 0 Å². The predicted molar refractivity (Wildman–Crippen MR) is 69.2 cm³/mol. The van der Waals surface area contributed by atoms with Gasteiger partial charge in [-0.25, -0.2) is 0 Å². The largest absolute Gasteiger partial charge is 0.487 e. The Balaban J connectivity index is 2.40. The van der Waals surface area contributed by atoms with Crippen molar-refractivity contribution in [2.75, 3.05) is 0 Å². The van der Waals surface area contributed by atoms with Crippen molar-refractivity contribution in [2.24, 2.45) is 0 Å². The van der Waals surface area contributed by atoms with Gasteiger partial charge in [0.25, 0.3) is 0 Å². The first kappa shape index (κ1) is 11.5. The maximum absolute atomic E-state index is 6.36. The van der Waals surface area contributed by atoms with E-state index in [4.69, 9.17) is 16.3 Å². The van der Waals surface area contributed by atoms with Gasteiger partial charge in [-0.15, -0.1) is 0 Å². The summed E-state index contributed by atoms with van der Waals surface area (Å²) in [7, 11) is 0. The van der Waals surface area contributed by atoms with Crippen molar-refractivity contribution in [1.82, 2.24) is 0 Å². The molecule has 0 amide bonds. The molecule has 0 heterocycles. The van der Waals surface area contributed by atoms with Gasteiger partial charge in [0.05, 0.1) is 5.02 Å². The summed E-state index contributed by atoms with van der Waals surface area (Å²) in [5.74, 6) is 0.777. The van der Waals surface area contributed by atoms with Gasteiger partial charge in [-0.3, -0.25) is 0 Å². The molecule has 16 heavy (non-hydrogen) atoms. The van der Waals surface area contributed by atoms with Gasteiger partial charge in [0.2, 0.25) is 0 Å². The van der Waals surface area contributed by atoms with Gasteiger partial charge in [-0.05, 0) is 45.7 Å². The van der Waals surface area contributed by atoms with Crippen LogP contribution in [0.25, 0.3) is 6.08 Å². The molecule has 1 aromatic carbocycles. The molecule has 0 spiro atoms. The molecule has 0 aliphatic heterocycles. The summed E-state index contributed by atoms with van der Waals surface area (Å²) in [6.07, 6.45) is 3.15. The molecule has 0 N–H and O–H groups in total. The number of fused-ring (bicyclic) bond motifs is 1. The van der Waals surface area contributed by atoms with Crippen molar-refractivity contribution in [3.63, 3.8) is 0 Å². The van der Waals surface area contributed by atoms with Crippen molar-refractivity contribution in [3.05, 3.63) is 33.9 Å². The highest BCUT2D eigenvalue weighted by Crippen LogP contribution is 2.38. The molecular weight excluding hydrogens is 220 g/mol. The van der Waals surface area contributed by atoms with E-state index in [2.05, 4.69) is 19.1 Å². The third-order valence-electron chi connectivity index (χ3n) is 2.51. The van der Waals surface area contributed by atoms with Crippen LogP contribution in [-0.4, -0.2) is 5.60 Å².